The lowest BCUT2D eigenvalue weighted by Gasteiger charge is -2.42. The van der Waals surface area contributed by atoms with Crippen molar-refractivity contribution in [1.29, 1.82) is 0 Å². The summed E-state index contributed by atoms with van der Waals surface area (Å²) in [6.07, 6.45) is 1.01. The number of likely N-dealkylation sites (tertiary alicyclic amines) is 1. The molecule has 140 valence electrons. The molecule has 1 aromatic rings. The molecule has 0 aromatic heterocycles. The third kappa shape index (κ3) is 5.34. The van der Waals surface area contributed by atoms with Gasteiger partial charge in [0.2, 0.25) is 0 Å². The standard InChI is InChI=1S/C19H31N3O3/c1-5-21-18(23)12-25-15-7-6-14(10-16(15)24-4)11-22-9-8-17(20)19(2,3)13-22/h6-7,10,17H,5,8-9,11-13,20H2,1-4H3,(H,21,23). The molecule has 0 bridgehead atoms. The Hall–Kier alpha value is -1.79. The van der Waals surface area contributed by atoms with Crippen molar-refractivity contribution in [2.75, 3.05) is 33.4 Å². The summed E-state index contributed by atoms with van der Waals surface area (Å²) in [4.78, 5) is 14.0. The SMILES string of the molecule is CCNC(=O)COc1ccc(CN2CCC(N)C(C)(C)C2)cc1OC. The van der Waals surface area contributed by atoms with Crippen LogP contribution in [0.15, 0.2) is 18.2 Å². The van der Waals surface area contributed by atoms with Gasteiger partial charge in [-0.3, -0.25) is 9.69 Å². The quantitative estimate of drug-likeness (QED) is 0.784. The van der Waals surface area contributed by atoms with Gasteiger partial charge in [0.1, 0.15) is 0 Å². The molecule has 1 atom stereocenters. The van der Waals surface area contributed by atoms with Gasteiger partial charge in [-0.05, 0) is 36.5 Å². The minimum absolute atomic E-state index is 0.0122. The molecule has 0 aliphatic carbocycles. The first-order valence-electron chi connectivity index (χ1n) is 8.90. The van der Waals surface area contributed by atoms with Crippen LogP contribution in [0.5, 0.6) is 11.5 Å². The molecule has 1 heterocycles. The first kappa shape index (κ1) is 19.5. The molecule has 1 unspecified atom stereocenters. The van der Waals surface area contributed by atoms with Crippen LogP contribution >= 0.6 is 0 Å². The van der Waals surface area contributed by atoms with Crippen molar-refractivity contribution in [1.82, 2.24) is 10.2 Å². The van der Waals surface area contributed by atoms with Crippen LogP contribution in [0.3, 0.4) is 0 Å². The Morgan fingerprint density at radius 1 is 1.40 bits per heavy atom. The van der Waals surface area contributed by atoms with Gasteiger partial charge in [-0.1, -0.05) is 19.9 Å². The third-order valence-electron chi connectivity index (χ3n) is 4.76. The number of ether oxygens (including phenoxy) is 2. The Morgan fingerprint density at radius 2 is 2.16 bits per heavy atom. The van der Waals surface area contributed by atoms with E-state index in [1.165, 1.54) is 0 Å². The molecule has 2 rings (SSSR count). The van der Waals surface area contributed by atoms with Gasteiger partial charge < -0.3 is 20.5 Å². The van der Waals surface area contributed by atoms with Crippen LogP contribution in [0.25, 0.3) is 0 Å². The number of amides is 1. The number of benzene rings is 1. The maximum absolute atomic E-state index is 11.5. The van der Waals surface area contributed by atoms with E-state index in [1.807, 2.05) is 25.1 Å². The predicted octanol–water partition coefficient (Wildman–Crippen LogP) is 1.77. The molecule has 1 amide bonds. The van der Waals surface area contributed by atoms with E-state index in [4.69, 9.17) is 15.2 Å². The second-order valence-electron chi connectivity index (χ2n) is 7.32. The number of carbonyl (C=O) groups excluding carboxylic acids is 1. The van der Waals surface area contributed by atoms with Gasteiger partial charge in [0.05, 0.1) is 7.11 Å². The van der Waals surface area contributed by atoms with E-state index in [2.05, 4.69) is 24.1 Å². The lowest BCUT2D eigenvalue weighted by Crippen LogP contribution is -2.52. The minimum Gasteiger partial charge on any atom is -0.493 e. The van der Waals surface area contributed by atoms with E-state index in [-0.39, 0.29) is 24.0 Å². The molecular formula is C19H31N3O3. The summed E-state index contributed by atoms with van der Waals surface area (Å²) in [6.45, 7) is 9.74. The minimum atomic E-state index is -0.138. The zero-order valence-corrected chi connectivity index (χ0v) is 15.8. The molecule has 0 saturated carbocycles. The van der Waals surface area contributed by atoms with E-state index in [1.54, 1.807) is 7.11 Å². The molecular weight excluding hydrogens is 318 g/mol. The lowest BCUT2D eigenvalue weighted by molar-refractivity contribution is -0.123. The van der Waals surface area contributed by atoms with Gasteiger partial charge in [-0.2, -0.15) is 0 Å². The summed E-state index contributed by atoms with van der Waals surface area (Å²) >= 11 is 0. The fourth-order valence-corrected chi connectivity index (χ4v) is 3.20. The fraction of sp³-hybridized carbons (Fsp3) is 0.632. The van der Waals surface area contributed by atoms with Crippen molar-refractivity contribution in [3.63, 3.8) is 0 Å². The number of carbonyl (C=O) groups is 1. The Balaban J connectivity index is 2.00. The average molecular weight is 349 g/mol. The van der Waals surface area contributed by atoms with Crippen LogP contribution in [0, 0.1) is 5.41 Å². The lowest BCUT2D eigenvalue weighted by atomic mass is 9.79. The second-order valence-corrected chi connectivity index (χ2v) is 7.32. The van der Waals surface area contributed by atoms with Crippen molar-refractivity contribution in [2.45, 2.75) is 39.8 Å². The molecule has 1 aliphatic heterocycles. The smallest absolute Gasteiger partial charge is 0.257 e. The van der Waals surface area contributed by atoms with Crippen molar-refractivity contribution >= 4 is 5.91 Å². The molecule has 1 aliphatic rings. The maximum atomic E-state index is 11.5. The predicted molar refractivity (Wildman–Crippen MR) is 98.8 cm³/mol. The third-order valence-corrected chi connectivity index (χ3v) is 4.76. The largest absolute Gasteiger partial charge is 0.493 e. The van der Waals surface area contributed by atoms with E-state index >= 15 is 0 Å². The van der Waals surface area contributed by atoms with E-state index in [0.717, 1.165) is 31.6 Å². The van der Waals surface area contributed by atoms with E-state index in [0.29, 0.717) is 18.0 Å². The summed E-state index contributed by atoms with van der Waals surface area (Å²) < 4.78 is 11.0. The van der Waals surface area contributed by atoms with Crippen molar-refractivity contribution in [3.8, 4) is 11.5 Å². The van der Waals surface area contributed by atoms with Crippen LogP contribution in [0.1, 0.15) is 32.8 Å². The highest BCUT2D eigenvalue weighted by atomic mass is 16.5. The zero-order chi connectivity index (χ0) is 18.4. The van der Waals surface area contributed by atoms with Crippen LogP contribution < -0.4 is 20.5 Å². The number of piperidine rings is 1. The van der Waals surface area contributed by atoms with E-state index < -0.39 is 0 Å². The molecule has 1 fully saturated rings. The number of nitrogens with two attached hydrogens (primary N) is 1. The molecule has 0 radical (unpaired) electrons. The highest BCUT2D eigenvalue weighted by Gasteiger charge is 2.33. The molecule has 6 heteroatoms. The van der Waals surface area contributed by atoms with Gasteiger partial charge in [-0.25, -0.2) is 0 Å². The number of nitrogens with one attached hydrogen (secondary N) is 1. The molecule has 6 nitrogen and oxygen atoms in total. The first-order chi connectivity index (χ1) is 11.9. The number of likely N-dealkylation sites (N-methyl/N-ethyl adjacent to an activating group) is 1. The number of hydrogen-bond donors (Lipinski definition) is 2. The monoisotopic (exact) mass is 349 g/mol. The van der Waals surface area contributed by atoms with Crippen LogP contribution in [0.4, 0.5) is 0 Å². The zero-order valence-electron chi connectivity index (χ0n) is 15.8. The molecule has 1 aromatic carbocycles. The van der Waals surface area contributed by atoms with Gasteiger partial charge in [0.15, 0.2) is 18.1 Å². The maximum Gasteiger partial charge on any atom is 0.257 e. The number of rotatable bonds is 7. The Labute approximate surface area is 150 Å². The fourth-order valence-electron chi connectivity index (χ4n) is 3.20. The van der Waals surface area contributed by atoms with Crippen LogP contribution in [-0.4, -0.2) is 50.2 Å². The topological polar surface area (TPSA) is 76.8 Å². The van der Waals surface area contributed by atoms with Gasteiger partial charge in [-0.15, -0.1) is 0 Å². The second kappa shape index (κ2) is 8.54. The normalized spacial score (nSPS) is 20.1. The summed E-state index contributed by atoms with van der Waals surface area (Å²) in [5, 5.41) is 2.71. The van der Waals surface area contributed by atoms with Crippen molar-refractivity contribution in [3.05, 3.63) is 23.8 Å². The van der Waals surface area contributed by atoms with Crippen LogP contribution in [0.2, 0.25) is 0 Å². The highest BCUT2D eigenvalue weighted by molar-refractivity contribution is 5.77. The Kier molecular flexibility index (Phi) is 6.67. The number of hydrogen-bond acceptors (Lipinski definition) is 5. The van der Waals surface area contributed by atoms with Crippen molar-refractivity contribution < 1.29 is 14.3 Å². The Bertz CT molecular complexity index is 589. The summed E-state index contributed by atoms with van der Waals surface area (Å²) in [7, 11) is 1.61. The molecule has 25 heavy (non-hydrogen) atoms. The number of methoxy groups -OCH3 is 1. The Morgan fingerprint density at radius 3 is 2.80 bits per heavy atom. The number of nitrogens with zero attached hydrogens (tertiary/aromatic N) is 1. The highest BCUT2D eigenvalue weighted by Crippen LogP contribution is 2.31. The summed E-state index contributed by atoms with van der Waals surface area (Å²) in [5.41, 5.74) is 7.50. The van der Waals surface area contributed by atoms with Gasteiger partial charge >= 0.3 is 0 Å². The van der Waals surface area contributed by atoms with E-state index in [9.17, 15) is 4.79 Å². The van der Waals surface area contributed by atoms with Gasteiger partial charge in [0, 0.05) is 32.2 Å². The summed E-state index contributed by atoms with van der Waals surface area (Å²) in [5.74, 6) is 1.09. The van der Waals surface area contributed by atoms with Crippen LogP contribution in [-0.2, 0) is 11.3 Å². The molecule has 1 saturated heterocycles. The average Bonchev–Trinajstić information content (AvgIpc) is 2.57. The summed E-state index contributed by atoms with van der Waals surface area (Å²) in [6, 6.07) is 6.13. The van der Waals surface area contributed by atoms with Crippen molar-refractivity contribution in [2.24, 2.45) is 11.1 Å². The molecule has 3 N–H and O–H groups in total. The first-order valence-corrected chi connectivity index (χ1v) is 8.90. The molecule has 0 spiro atoms. The van der Waals surface area contributed by atoms with Gasteiger partial charge in [0.25, 0.3) is 5.91 Å².